The van der Waals surface area contributed by atoms with Crippen LogP contribution in [-0.4, -0.2) is 62.2 Å². The molecule has 4 aromatic rings. The number of hydrogen-bond acceptors (Lipinski definition) is 13. The van der Waals surface area contributed by atoms with Gasteiger partial charge < -0.3 is 43.0 Å². The van der Waals surface area contributed by atoms with Crippen molar-refractivity contribution in [3.05, 3.63) is 56.9 Å². The standard InChI is InChI=1S/C24H26N5O10P/c1-24(2)38-18-16(37-22(19(18)39-24)29-10-26-17-20(29)27-23(25)28-21(17)31)9-35-40(32)34-8-12-6-14(30)13-5-4-11(33-3)7-15(13)36-12/h4-7,10,16,18-19,22,32H,8-9H2,1-3H3,(H3,25,27,28,31)/t16-,18-,19-,22-,40?/m1/s1. The van der Waals surface area contributed by atoms with Gasteiger partial charge in [0, 0.05) is 12.1 Å². The molecule has 2 aliphatic rings. The molecule has 2 aliphatic heterocycles. The monoisotopic (exact) mass is 575 g/mol. The first kappa shape index (κ1) is 26.8. The largest absolute Gasteiger partial charge is 0.497 e. The molecule has 6 rings (SSSR count). The second kappa shape index (κ2) is 10.2. The number of fused-ring (bicyclic) bond motifs is 3. The van der Waals surface area contributed by atoms with E-state index >= 15 is 0 Å². The van der Waals surface area contributed by atoms with Crippen molar-refractivity contribution in [3.8, 4) is 5.75 Å². The van der Waals surface area contributed by atoms with E-state index in [9.17, 15) is 14.5 Å². The van der Waals surface area contributed by atoms with Gasteiger partial charge in [-0.1, -0.05) is 0 Å². The van der Waals surface area contributed by atoms with Gasteiger partial charge in [0.1, 0.15) is 42.0 Å². The van der Waals surface area contributed by atoms with Crippen molar-refractivity contribution in [1.82, 2.24) is 19.5 Å². The van der Waals surface area contributed by atoms with E-state index in [1.807, 2.05) is 0 Å². The number of aromatic amines is 1. The number of nitrogens with one attached hydrogen (secondary N) is 1. The first-order valence-electron chi connectivity index (χ1n) is 12.2. The predicted octanol–water partition coefficient (Wildman–Crippen LogP) is 1.69. The van der Waals surface area contributed by atoms with Crippen molar-refractivity contribution < 1.29 is 37.3 Å². The number of hydrogen-bond donors (Lipinski definition) is 3. The Hall–Kier alpha value is -3.43. The Bertz CT molecular complexity index is 1690. The van der Waals surface area contributed by atoms with Crippen LogP contribution in [0.1, 0.15) is 25.8 Å². The minimum absolute atomic E-state index is 0.0675. The summed E-state index contributed by atoms with van der Waals surface area (Å²) < 4.78 is 41.8. The molecule has 16 heteroatoms. The first-order valence-corrected chi connectivity index (χ1v) is 13.3. The average Bonchev–Trinajstić information content (AvgIpc) is 3.56. The molecule has 0 spiro atoms. The summed E-state index contributed by atoms with van der Waals surface area (Å²) in [6.07, 6.45) is -1.21. The van der Waals surface area contributed by atoms with Crippen molar-refractivity contribution in [2.75, 3.05) is 19.5 Å². The highest BCUT2D eigenvalue weighted by Gasteiger charge is 2.56. The van der Waals surface area contributed by atoms with Crippen LogP contribution < -0.4 is 21.5 Å². The quantitative estimate of drug-likeness (QED) is 0.257. The topological polar surface area (TPSA) is 195 Å². The molecule has 0 radical (unpaired) electrons. The van der Waals surface area contributed by atoms with E-state index in [2.05, 4.69) is 15.0 Å². The number of benzene rings is 1. The van der Waals surface area contributed by atoms with E-state index in [1.54, 1.807) is 36.6 Å². The third-order valence-electron chi connectivity index (χ3n) is 6.50. The summed E-state index contributed by atoms with van der Waals surface area (Å²) in [4.78, 5) is 45.8. The molecule has 3 aromatic heterocycles. The lowest BCUT2D eigenvalue weighted by atomic mass is 10.1. The Balaban J connectivity index is 1.14. The summed E-state index contributed by atoms with van der Waals surface area (Å²) in [5.41, 5.74) is 5.65. The second-order valence-corrected chi connectivity index (χ2v) is 10.6. The van der Waals surface area contributed by atoms with Gasteiger partial charge in [-0.3, -0.25) is 19.1 Å². The maximum Gasteiger partial charge on any atom is 0.330 e. The van der Waals surface area contributed by atoms with E-state index < -0.39 is 44.5 Å². The van der Waals surface area contributed by atoms with Crippen LogP contribution in [0.25, 0.3) is 22.1 Å². The van der Waals surface area contributed by atoms with E-state index in [0.717, 1.165) is 0 Å². The minimum atomic E-state index is -2.38. The molecule has 0 bridgehead atoms. The molecule has 40 heavy (non-hydrogen) atoms. The highest BCUT2D eigenvalue weighted by Crippen LogP contribution is 2.45. The summed E-state index contributed by atoms with van der Waals surface area (Å²) in [6.45, 7) is 3.21. The Morgan fingerprint density at radius 3 is 2.80 bits per heavy atom. The lowest BCUT2D eigenvalue weighted by molar-refractivity contribution is -0.199. The molecule has 0 aliphatic carbocycles. The van der Waals surface area contributed by atoms with Crippen LogP contribution in [0.15, 0.2) is 44.6 Å². The fourth-order valence-electron chi connectivity index (χ4n) is 4.82. The molecule has 15 nitrogen and oxygen atoms in total. The maximum absolute atomic E-state index is 12.4. The summed E-state index contributed by atoms with van der Waals surface area (Å²) >= 11 is 0. The first-order chi connectivity index (χ1) is 19.1. The number of nitrogen functional groups attached to an aromatic ring is 1. The fraction of sp³-hybridized carbons (Fsp3) is 0.417. The van der Waals surface area contributed by atoms with E-state index in [-0.39, 0.29) is 41.5 Å². The number of methoxy groups -OCH3 is 1. The number of aromatic nitrogens is 4. The van der Waals surface area contributed by atoms with Gasteiger partial charge in [0.05, 0.1) is 25.4 Å². The van der Waals surface area contributed by atoms with Crippen LogP contribution in [0, 0.1) is 0 Å². The second-order valence-electron chi connectivity index (χ2n) is 9.65. The molecule has 0 amide bonds. The lowest BCUT2D eigenvalue weighted by Crippen LogP contribution is -2.32. The number of anilines is 1. The molecular weight excluding hydrogens is 549 g/mol. The van der Waals surface area contributed by atoms with Crippen molar-refractivity contribution in [2.45, 2.75) is 50.8 Å². The number of nitrogens with two attached hydrogens (primary N) is 1. The smallest absolute Gasteiger partial charge is 0.330 e. The van der Waals surface area contributed by atoms with Gasteiger partial charge in [-0.15, -0.1) is 0 Å². The molecule has 212 valence electrons. The highest BCUT2D eigenvalue weighted by molar-refractivity contribution is 7.40. The normalized spacial score (nSPS) is 24.5. The molecule has 0 saturated carbocycles. The molecule has 2 saturated heterocycles. The molecular formula is C24H26N5O10P. The highest BCUT2D eigenvalue weighted by atomic mass is 31.2. The number of ether oxygens (including phenoxy) is 4. The van der Waals surface area contributed by atoms with Crippen molar-refractivity contribution in [3.63, 3.8) is 0 Å². The van der Waals surface area contributed by atoms with Gasteiger partial charge in [0.2, 0.25) is 5.95 Å². The number of imidazole rings is 1. The molecule has 4 N–H and O–H groups in total. The zero-order valence-corrected chi connectivity index (χ0v) is 22.5. The lowest BCUT2D eigenvalue weighted by Gasteiger charge is -2.25. The fourth-order valence-corrected chi connectivity index (χ4v) is 5.41. The summed E-state index contributed by atoms with van der Waals surface area (Å²) in [6, 6.07) is 6.16. The van der Waals surface area contributed by atoms with Gasteiger partial charge in [0.25, 0.3) is 5.56 Å². The minimum Gasteiger partial charge on any atom is -0.497 e. The summed E-state index contributed by atoms with van der Waals surface area (Å²) in [5.74, 6) is -0.254. The summed E-state index contributed by atoms with van der Waals surface area (Å²) in [7, 11) is -0.867. The van der Waals surface area contributed by atoms with Gasteiger partial charge in [0.15, 0.2) is 28.6 Å². The van der Waals surface area contributed by atoms with E-state index in [1.165, 1.54) is 19.5 Å². The third-order valence-corrected chi connectivity index (χ3v) is 7.22. The van der Waals surface area contributed by atoms with Crippen molar-refractivity contribution in [1.29, 1.82) is 0 Å². The zero-order valence-electron chi connectivity index (χ0n) is 21.6. The van der Waals surface area contributed by atoms with Gasteiger partial charge >= 0.3 is 8.60 Å². The van der Waals surface area contributed by atoms with Gasteiger partial charge in [-0.25, -0.2) is 4.98 Å². The Morgan fingerprint density at radius 2 is 2.00 bits per heavy atom. The van der Waals surface area contributed by atoms with Crippen molar-refractivity contribution in [2.24, 2.45) is 0 Å². The predicted molar refractivity (Wildman–Crippen MR) is 139 cm³/mol. The molecule has 5 atom stereocenters. The Kier molecular flexibility index (Phi) is 6.82. The van der Waals surface area contributed by atoms with Crippen molar-refractivity contribution >= 4 is 36.7 Å². The Morgan fingerprint density at radius 1 is 1.20 bits per heavy atom. The maximum atomic E-state index is 12.4. The average molecular weight is 575 g/mol. The van der Waals surface area contributed by atoms with E-state index in [4.69, 9.17) is 38.1 Å². The molecule has 1 aromatic carbocycles. The van der Waals surface area contributed by atoms with E-state index in [0.29, 0.717) is 16.7 Å². The number of H-pyrrole nitrogens is 1. The molecule has 1 unspecified atom stereocenters. The zero-order chi connectivity index (χ0) is 28.2. The van der Waals surface area contributed by atoms with Gasteiger partial charge in [-0.05, 0) is 26.0 Å². The third kappa shape index (κ3) is 4.97. The van der Waals surface area contributed by atoms with Crippen LogP contribution in [0.2, 0.25) is 0 Å². The van der Waals surface area contributed by atoms with Crippen LogP contribution in [0.5, 0.6) is 5.75 Å². The van der Waals surface area contributed by atoms with Crippen LogP contribution in [0.3, 0.4) is 0 Å². The van der Waals surface area contributed by atoms with Gasteiger partial charge in [-0.2, -0.15) is 4.98 Å². The van der Waals surface area contributed by atoms with Crippen LogP contribution in [0.4, 0.5) is 5.95 Å². The summed E-state index contributed by atoms with van der Waals surface area (Å²) in [5, 5.41) is 0.393. The molecule has 2 fully saturated rings. The number of rotatable bonds is 8. The van der Waals surface area contributed by atoms with Crippen LogP contribution in [-0.2, 0) is 29.9 Å². The number of nitrogens with zero attached hydrogens (tertiary/aromatic N) is 3. The SMILES string of the molecule is COc1ccc2c(=O)cc(COP(O)OC[C@H]3O[C@@H](n4cnc5c(=O)[nH]c(N)nc54)[C@@H]4OC(C)(C)O[C@@H]43)oc2c1. The van der Waals surface area contributed by atoms with Crippen LogP contribution >= 0.6 is 8.60 Å². The molecule has 5 heterocycles. The Labute approximate surface area is 226 Å².